The summed E-state index contributed by atoms with van der Waals surface area (Å²) in [7, 11) is 0. The second-order valence-electron chi connectivity index (χ2n) is 8.77. The Morgan fingerprint density at radius 1 is 1.15 bits per heavy atom. The number of benzene rings is 2. The van der Waals surface area contributed by atoms with Gasteiger partial charge in [0.05, 0.1) is 24.3 Å². The normalized spacial score (nSPS) is 17.1. The van der Waals surface area contributed by atoms with Crippen LogP contribution in [0.1, 0.15) is 36.9 Å². The third kappa shape index (κ3) is 5.98. The number of hydrogen-bond donors (Lipinski definition) is 2. The summed E-state index contributed by atoms with van der Waals surface area (Å²) in [5.74, 6) is 0.171. The molecule has 0 saturated carbocycles. The second kappa shape index (κ2) is 10.6. The number of aliphatic hydroxyl groups excluding tert-OH is 1. The Hall–Kier alpha value is -2.84. The first-order chi connectivity index (χ1) is 16.3. The van der Waals surface area contributed by atoms with E-state index in [1.165, 1.54) is 0 Å². The molecule has 1 fully saturated rings. The lowest BCUT2D eigenvalue weighted by Crippen LogP contribution is -2.42. The molecule has 1 saturated heterocycles. The molecule has 0 amide bonds. The van der Waals surface area contributed by atoms with Crippen LogP contribution in [0.15, 0.2) is 48.5 Å². The van der Waals surface area contributed by atoms with Gasteiger partial charge in [-0.15, -0.1) is 0 Å². The lowest BCUT2D eigenvalue weighted by Gasteiger charge is -2.34. The molecule has 3 aromatic rings. The summed E-state index contributed by atoms with van der Waals surface area (Å²) in [4.78, 5) is 6.73. The maximum Gasteiger partial charge on any atom is 0.416 e. The standard InChI is InChI=1S/C26H30F3N3O2/c1-18-13-25(23-8-2-3-9-24(23)30-18)31-20-14-19(26(27,28)29)15-22(16-20)34-12-6-11-32-10-5-4-7-21(32)17-33/h2-3,8-9,13-16,21,33H,4-7,10-12,17H2,1H3,(H,30,31). The molecule has 0 spiro atoms. The van der Waals surface area contributed by atoms with Crippen LogP contribution in [-0.4, -0.2) is 47.3 Å². The van der Waals surface area contributed by atoms with Crippen molar-refractivity contribution in [2.45, 2.75) is 44.8 Å². The minimum absolute atomic E-state index is 0.132. The lowest BCUT2D eigenvalue weighted by molar-refractivity contribution is -0.137. The number of nitrogens with one attached hydrogen (secondary N) is 1. The first-order valence-corrected chi connectivity index (χ1v) is 11.7. The summed E-state index contributed by atoms with van der Waals surface area (Å²) in [6, 6.07) is 13.2. The number of aromatic nitrogens is 1. The van der Waals surface area contributed by atoms with Crippen molar-refractivity contribution in [3.63, 3.8) is 0 Å². The van der Waals surface area contributed by atoms with E-state index in [0.717, 1.165) is 61.1 Å². The van der Waals surface area contributed by atoms with Gasteiger partial charge in [0.2, 0.25) is 0 Å². The number of rotatable bonds is 8. The molecule has 2 heterocycles. The molecular weight excluding hydrogens is 443 g/mol. The average Bonchev–Trinajstić information content (AvgIpc) is 2.81. The van der Waals surface area contributed by atoms with Gasteiger partial charge >= 0.3 is 6.18 Å². The summed E-state index contributed by atoms with van der Waals surface area (Å²) in [5, 5.41) is 13.5. The summed E-state index contributed by atoms with van der Waals surface area (Å²) in [6.07, 6.45) is -0.630. The number of aryl methyl sites for hydroxylation is 1. The summed E-state index contributed by atoms with van der Waals surface area (Å²) >= 11 is 0. The predicted molar refractivity (Wildman–Crippen MR) is 128 cm³/mol. The minimum atomic E-state index is -4.49. The van der Waals surface area contributed by atoms with Crippen LogP contribution < -0.4 is 10.1 Å². The van der Waals surface area contributed by atoms with E-state index in [-0.39, 0.29) is 18.4 Å². The fraction of sp³-hybridized carbons (Fsp3) is 0.423. The Labute approximate surface area is 197 Å². The van der Waals surface area contributed by atoms with E-state index in [1.807, 2.05) is 37.3 Å². The van der Waals surface area contributed by atoms with E-state index in [4.69, 9.17) is 4.74 Å². The van der Waals surface area contributed by atoms with Gasteiger partial charge in [0, 0.05) is 41.1 Å². The summed E-state index contributed by atoms with van der Waals surface area (Å²) in [6.45, 7) is 3.96. The number of anilines is 2. The van der Waals surface area contributed by atoms with Gasteiger partial charge < -0.3 is 15.2 Å². The number of likely N-dealkylation sites (tertiary alicyclic amines) is 1. The van der Waals surface area contributed by atoms with Crippen LogP contribution in [-0.2, 0) is 6.18 Å². The number of aliphatic hydroxyl groups is 1. The van der Waals surface area contributed by atoms with E-state index < -0.39 is 11.7 Å². The Morgan fingerprint density at radius 3 is 2.76 bits per heavy atom. The smallest absolute Gasteiger partial charge is 0.416 e. The second-order valence-corrected chi connectivity index (χ2v) is 8.77. The molecule has 0 aliphatic carbocycles. The highest BCUT2D eigenvalue weighted by molar-refractivity contribution is 5.93. The monoisotopic (exact) mass is 473 g/mol. The van der Waals surface area contributed by atoms with E-state index in [1.54, 1.807) is 6.07 Å². The van der Waals surface area contributed by atoms with Crippen LogP contribution in [0.5, 0.6) is 5.75 Å². The molecule has 182 valence electrons. The highest BCUT2D eigenvalue weighted by atomic mass is 19.4. The Morgan fingerprint density at radius 2 is 1.97 bits per heavy atom. The van der Waals surface area contributed by atoms with Gasteiger partial charge in [0.1, 0.15) is 5.75 Å². The first kappa shape index (κ1) is 24.3. The quantitative estimate of drug-likeness (QED) is 0.398. The van der Waals surface area contributed by atoms with Crippen molar-refractivity contribution in [3.8, 4) is 5.75 Å². The van der Waals surface area contributed by atoms with Crippen molar-refractivity contribution in [2.75, 3.05) is 31.6 Å². The number of fused-ring (bicyclic) bond motifs is 1. The van der Waals surface area contributed by atoms with E-state index in [0.29, 0.717) is 24.4 Å². The zero-order chi connectivity index (χ0) is 24.1. The number of ether oxygens (including phenoxy) is 1. The van der Waals surface area contributed by atoms with Crippen molar-refractivity contribution in [1.29, 1.82) is 0 Å². The van der Waals surface area contributed by atoms with Crippen molar-refractivity contribution in [1.82, 2.24) is 9.88 Å². The van der Waals surface area contributed by atoms with E-state index >= 15 is 0 Å². The molecular formula is C26H30F3N3O2. The highest BCUT2D eigenvalue weighted by Crippen LogP contribution is 2.36. The van der Waals surface area contributed by atoms with Gasteiger partial charge in [-0.3, -0.25) is 9.88 Å². The number of halogens is 3. The van der Waals surface area contributed by atoms with Crippen molar-refractivity contribution in [3.05, 3.63) is 59.8 Å². The molecule has 1 aromatic heterocycles. The number of piperidine rings is 1. The fourth-order valence-electron chi connectivity index (χ4n) is 4.50. The largest absolute Gasteiger partial charge is 0.493 e. The first-order valence-electron chi connectivity index (χ1n) is 11.7. The van der Waals surface area contributed by atoms with Gasteiger partial charge in [-0.1, -0.05) is 24.6 Å². The maximum absolute atomic E-state index is 13.6. The van der Waals surface area contributed by atoms with Gasteiger partial charge in [0.15, 0.2) is 0 Å². The molecule has 34 heavy (non-hydrogen) atoms. The predicted octanol–water partition coefficient (Wildman–Crippen LogP) is 5.92. The molecule has 1 aliphatic rings. The number of para-hydroxylation sites is 1. The SMILES string of the molecule is Cc1cc(Nc2cc(OCCCN3CCCCC3CO)cc(C(F)(F)F)c2)c2ccccc2n1. The average molecular weight is 474 g/mol. The van der Waals surface area contributed by atoms with Crippen LogP contribution in [0, 0.1) is 6.92 Å². The molecule has 1 aliphatic heterocycles. The molecule has 1 atom stereocenters. The third-order valence-electron chi connectivity index (χ3n) is 6.18. The molecule has 1 unspecified atom stereocenters. The van der Waals surface area contributed by atoms with Crippen molar-refractivity contribution < 1.29 is 23.0 Å². The topological polar surface area (TPSA) is 57.6 Å². The molecule has 0 bridgehead atoms. The Kier molecular flexibility index (Phi) is 7.58. The van der Waals surface area contributed by atoms with Crippen LogP contribution in [0.25, 0.3) is 10.9 Å². The van der Waals surface area contributed by atoms with Crippen LogP contribution in [0.3, 0.4) is 0 Å². The number of pyridine rings is 1. The van der Waals surface area contributed by atoms with E-state index in [9.17, 15) is 18.3 Å². The molecule has 5 nitrogen and oxygen atoms in total. The molecule has 2 N–H and O–H groups in total. The zero-order valence-corrected chi connectivity index (χ0v) is 19.2. The highest BCUT2D eigenvalue weighted by Gasteiger charge is 2.31. The van der Waals surface area contributed by atoms with Crippen LogP contribution in [0.2, 0.25) is 0 Å². The van der Waals surface area contributed by atoms with Crippen LogP contribution >= 0.6 is 0 Å². The zero-order valence-electron chi connectivity index (χ0n) is 19.2. The summed E-state index contributed by atoms with van der Waals surface area (Å²) < 4.78 is 46.5. The van der Waals surface area contributed by atoms with Crippen molar-refractivity contribution in [2.24, 2.45) is 0 Å². The molecule has 2 aromatic carbocycles. The van der Waals surface area contributed by atoms with Gasteiger partial charge in [-0.2, -0.15) is 13.2 Å². The molecule has 8 heteroatoms. The van der Waals surface area contributed by atoms with Crippen LogP contribution in [0.4, 0.5) is 24.5 Å². The molecule has 0 radical (unpaired) electrons. The number of hydrogen-bond acceptors (Lipinski definition) is 5. The van der Waals surface area contributed by atoms with Gasteiger partial charge in [0.25, 0.3) is 0 Å². The molecule has 4 rings (SSSR count). The summed E-state index contributed by atoms with van der Waals surface area (Å²) in [5.41, 5.74) is 1.76. The maximum atomic E-state index is 13.6. The van der Waals surface area contributed by atoms with Gasteiger partial charge in [-0.25, -0.2) is 0 Å². The van der Waals surface area contributed by atoms with E-state index in [2.05, 4.69) is 15.2 Å². The third-order valence-corrected chi connectivity index (χ3v) is 6.18. The lowest BCUT2D eigenvalue weighted by atomic mass is 10.0. The van der Waals surface area contributed by atoms with Gasteiger partial charge in [-0.05, 0) is 57.0 Å². The number of alkyl halides is 3. The number of nitrogens with zero attached hydrogens (tertiary/aromatic N) is 2. The van der Waals surface area contributed by atoms with Crippen molar-refractivity contribution >= 4 is 22.3 Å². The Balaban J connectivity index is 1.50. The Bertz CT molecular complexity index is 1120. The fourth-order valence-corrected chi connectivity index (χ4v) is 4.50. The minimum Gasteiger partial charge on any atom is -0.493 e.